The second-order valence-electron chi connectivity index (χ2n) is 9.27. The number of allylic oxidation sites excluding steroid dienone is 2. The topological polar surface area (TPSA) is 40.5 Å². The minimum Gasteiger partial charge on any atom is -0.507 e. The average Bonchev–Trinajstić information content (AvgIpc) is 2.89. The van der Waals surface area contributed by atoms with E-state index in [1.165, 1.54) is 15.9 Å². The van der Waals surface area contributed by atoms with Gasteiger partial charge in [0.25, 0.3) is 0 Å². The van der Waals surface area contributed by atoms with Crippen LogP contribution in [0.2, 0.25) is 0 Å². The van der Waals surface area contributed by atoms with Crippen LogP contribution < -0.4 is 15.9 Å². The lowest BCUT2D eigenvalue weighted by atomic mass is 9.93. The van der Waals surface area contributed by atoms with Crippen molar-refractivity contribution < 1.29 is 10.2 Å². The second-order valence-corrected chi connectivity index (χ2v) is 13.1. The van der Waals surface area contributed by atoms with Gasteiger partial charge in [-0.05, 0) is 93.8 Å². The molecular weight excluding hydrogens is 447 g/mol. The van der Waals surface area contributed by atoms with Gasteiger partial charge in [0.1, 0.15) is 34.7 Å². The molecule has 0 aliphatic heterocycles. The van der Waals surface area contributed by atoms with Crippen LogP contribution >= 0.6 is 7.26 Å². The maximum absolute atomic E-state index is 11.1. The van der Waals surface area contributed by atoms with Crippen LogP contribution in [0.3, 0.4) is 0 Å². The van der Waals surface area contributed by atoms with Crippen molar-refractivity contribution in [2.24, 2.45) is 0 Å². The Bertz CT molecular complexity index is 1220. The van der Waals surface area contributed by atoms with Gasteiger partial charge >= 0.3 is 0 Å². The molecule has 35 heavy (non-hydrogen) atoms. The van der Waals surface area contributed by atoms with Gasteiger partial charge in [-0.25, -0.2) is 0 Å². The van der Waals surface area contributed by atoms with Crippen LogP contribution in [0.25, 0.3) is 5.57 Å². The van der Waals surface area contributed by atoms with Crippen molar-refractivity contribution in [3.8, 4) is 11.5 Å². The van der Waals surface area contributed by atoms with Crippen LogP contribution in [0.4, 0.5) is 0 Å². The van der Waals surface area contributed by atoms with Gasteiger partial charge in [-0.15, -0.1) is 0 Å². The Morgan fingerprint density at radius 2 is 1.00 bits per heavy atom. The molecule has 2 nitrogen and oxygen atoms in total. The van der Waals surface area contributed by atoms with Crippen molar-refractivity contribution in [1.29, 1.82) is 0 Å². The molecule has 1 unspecified atom stereocenters. The minimum absolute atomic E-state index is 0.136. The third kappa shape index (κ3) is 4.28. The highest BCUT2D eigenvalue weighted by atomic mass is 31.2. The second kappa shape index (κ2) is 10.1. The maximum Gasteiger partial charge on any atom is 0.126 e. The number of phenols is 2. The highest BCUT2D eigenvalue weighted by Gasteiger charge is 2.49. The van der Waals surface area contributed by atoms with Crippen molar-refractivity contribution in [3.05, 3.63) is 119 Å². The van der Waals surface area contributed by atoms with E-state index >= 15 is 0 Å². The molecule has 0 radical (unpaired) electrons. The highest BCUT2D eigenvalue weighted by Crippen LogP contribution is 2.60. The molecule has 0 saturated carbocycles. The predicted molar refractivity (Wildman–Crippen MR) is 152 cm³/mol. The van der Waals surface area contributed by atoms with Gasteiger partial charge in [0, 0.05) is 11.1 Å². The Hall–Kier alpha value is -3.35. The quantitative estimate of drug-likeness (QED) is 0.235. The van der Waals surface area contributed by atoms with Crippen molar-refractivity contribution in [1.82, 2.24) is 0 Å². The fraction of sp³-hybridized carbons (Fsp3) is 0.188. The molecule has 0 spiro atoms. The first kappa shape index (κ1) is 24.8. The number of hydrogen-bond donors (Lipinski definition) is 2. The van der Waals surface area contributed by atoms with Crippen molar-refractivity contribution in [3.63, 3.8) is 0 Å². The van der Waals surface area contributed by atoms with Crippen molar-refractivity contribution in [2.45, 2.75) is 40.3 Å². The van der Waals surface area contributed by atoms with E-state index in [4.69, 9.17) is 0 Å². The molecule has 3 heteroatoms. The molecular formula is C32H34O2P+. The van der Waals surface area contributed by atoms with E-state index in [9.17, 15) is 10.2 Å². The molecule has 178 valence electrons. The Labute approximate surface area is 210 Å². The summed E-state index contributed by atoms with van der Waals surface area (Å²) in [6.45, 7) is 9.92. The molecule has 0 amide bonds. The molecule has 0 aliphatic rings. The Balaban J connectivity index is 2.01. The highest BCUT2D eigenvalue weighted by molar-refractivity contribution is 7.96. The van der Waals surface area contributed by atoms with Crippen LogP contribution in [0.15, 0.2) is 97.1 Å². The maximum atomic E-state index is 11.1. The third-order valence-corrected chi connectivity index (χ3v) is 11.9. The Morgan fingerprint density at radius 3 is 1.40 bits per heavy atom. The predicted octanol–water partition coefficient (Wildman–Crippen LogP) is 6.81. The fourth-order valence-corrected chi connectivity index (χ4v) is 9.98. The zero-order valence-electron chi connectivity index (χ0n) is 21.2. The molecule has 4 rings (SSSR count). The zero-order valence-corrected chi connectivity index (χ0v) is 22.1. The standard InChI is InChI=1S/C32H33O2P/c1-22(30-26(5)31(33)24(3)25(4)32(30)34)21-23(2)35(27-15-9-6-10-16-27,28-17-11-7-12-18-28)29-19-13-8-14-20-29/h6-21,23H,1-5H3,(H-,33,34)/p+1/b22-21+. The summed E-state index contributed by atoms with van der Waals surface area (Å²) in [5, 5.41) is 25.8. The fourth-order valence-electron chi connectivity index (χ4n) is 5.30. The summed E-state index contributed by atoms with van der Waals surface area (Å²) in [6.07, 6.45) is 2.29. The number of phenolic OH excluding ortho intramolecular Hbond substituents is 2. The van der Waals surface area contributed by atoms with Gasteiger partial charge < -0.3 is 10.2 Å². The molecule has 4 aromatic carbocycles. The molecule has 0 bridgehead atoms. The van der Waals surface area contributed by atoms with E-state index in [1.54, 1.807) is 0 Å². The van der Waals surface area contributed by atoms with Crippen LogP contribution in [0.1, 0.15) is 36.1 Å². The van der Waals surface area contributed by atoms with Gasteiger partial charge in [0.15, 0.2) is 0 Å². The first-order chi connectivity index (χ1) is 16.8. The summed E-state index contributed by atoms with van der Waals surface area (Å²) in [4.78, 5) is 0. The Kier molecular flexibility index (Phi) is 7.15. The summed E-state index contributed by atoms with van der Waals surface area (Å²) < 4.78 is 0. The summed E-state index contributed by atoms with van der Waals surface area (Å²) in [5.41, 5.74) is 4.00. The molecule has 1 atom stereocenters. The van der Waals surface area contributed by atoms with Crippen LogP contribution in [0.5, 0.6) is 11.5 Å². The Morgan fingerprint density at radius 1 is 0.629 bits per heavy atom. The van der Waals surface area contributed by atoms with E-state index in [1.807, 2.05) is 27.7 Å². The lowest BCUT2D eigenvalue weighted by molar-refractivity contribution is 0.448. The number of aromatic hydroxyl groups is 2. The van der Waals surface area contributed by atoms with Gasteiger partial charge in [-0.3, -0.25) is 0 Å². The average molecular weight is 482 g/mol. The number of benzene rings is 4. The van der Waals surface area contributed by atoms with Crippen LogP contribution in [-0.4, -0.2) is 15.9 Å². The van der Waals surface area contributed by atoms with Crippen LogP contribution in [-0.2, 0) is 0 Å². The summed E-state index contributed by atoms with van der Waals surface area (Å²) in [6, 6.07) is 32.4. The van der Waals surface area contributed by atoms with E-state index in [0.29, 0.717) is 0 Å². The minimum atomic E-state index is -2.10. The largest absolute Gasteiger partial charge is 0.507 e. The number of rotatable bonds is 6. The normalized spacial score (nSPS) is 13.0. The monoisotopic (exact) mass is 481 g/mol. The van der Waals surface area contributed by atoms with E-state index < -0.39 is 7.26 Å². The zero-order chi connectivity index (χ0) is 25.2. The SMILES string of the molecule is C/C(=C\C(C)[P+](c1ccccc1)(c1ccccc1)c1ccccc1)c1c(C)c(O)c(C)c(C)c1O. The molecule has 2 N–H and O–H groups in total. The first-order valence-electron chi connectivity index (χ1n) is 12.1. The summed E-state index contributed by atoms with van der Waals surface area (Å²) in [5.74, 6) is 0.507. The summed E-state index contributed by atoms with van der Waals surface area (Å²) in [7, 11) is -2.10. The van der Waals surface area contributed by atoms with E-state index in [0.717, 1.165) is 27.8 Å². The van der Waals surface area contributed by atoms with Gasteiger partial charge in [-0.1, -0.05) is 54.6 Å². The first-order valence-corrected chi connectivity index (χ1v) is 13.9. The smallest absolute Gasteiger partial charge is 0.126 e. The van der Waals surface area contributed by atoms with E-state index in [-0.39, 0.29) is 17.2 Å². The molecule has 0 fully saturated rings. The van der Waals surface area contributed by atoms with Crippen molar-refractivity contribution in [2.75, 3.05) is 0 Å². The third-order valence-electron chi connectivity index (χ3n) is 7.23. The van der Waals surface area contributed by atoms with Gasteiger partial charge in [0.2, 0.25) is 0 Å². The molecule has 4 aromatic rings. The van der Waals surface area contributed by atoms with Gasteiger partial charge in [-0.2, -0.15) is 0 Å². The lowest BCUT2D eigenvalue weighted by Crippen LogP contribution is -2.37. The van der Waals surface area contributed by atoms with Crippen molar-refractivity contribution >= 4 is 28.7 Å². The van der Waals surface area contributed by atoms with Crippen LogP contribution in [0, 0.1) is 20.8 Å². The molecule has 0 heterocycles. The van der Waals surface area contributed by atoms with Gasteiger partial charge in [0.05, 0.1) is 5.66 Å². The number of hydrogen-bond acceptors (Lipinski definition) is 2. The lowest BCUT2D eigenvalue weighted by Gasteiger charge is -2.32. The summed E-state index contributed by atoms with van der Waals surface area (Å²) >= 11 is 0. The molecule has 0 saturated heterocycles. The molecule has 0 aliphatic carbocycles. The molecule has 0 aromatic heterocycles. The van der Waals surface area contributed by atoms with E-state index in [2.05, 4.69) is 104 Å².